The van der Waals surface area contributed by atoms with E-state index in [-0.39, 0.29) is 38.4 Å². The maximum atomic E-state index is 10.8. The Bertz CT molecular complexity index is 1760. The van der Waals surface area contributed by atoms with E-state index in [0.717, 1.165) is 75.8 Å². The summed E-state index contributed by atoms with van der Waals surface area (Å²) in [6, 6.07) is 21.7. The number of nitrogens with one attached hydrogen (secondary N) is 1. The number of benzene rings is 2. The maximum absolute atomic E-state index is 10.8. The first-order valence-corrected chi connectivity index (χ1v) is 24.1. The number of rotatable bonds is 21. The van der Waals surface area contributed by atoms with Crippen LogP contribution in [0, 0.1) is 0 Å². The second-order valence-corrected chi connectivity index (χ2v) is 22.6. The maximum Gasteiger partial charge on any atom is 0.344 e. The standard InChI is InChI=1S/C51H86N8O5/c1-15-17-30-58(39-25-21-19-22-26-39,41-33-46(3,4)56(47(5,6)34-41)63-37-50(11,12)61)44-53-43(52-29-32-60)54-45(55-44)59(31-18-16-2,40-27-23-20-24-28-40)42-35-48(7,8)57(49(9,10)36-42)64-38-51(13,14)62/h19-28,41-42,60-62H,15-18,29-38H2,1-14H3,(H,52,53,54,55)/q+2. The molecule has 2 aliphatic heterocycles. The summed E-state index contributed by atoms with van der Waals surface area (Å²) in [5.41, 5.74) is -1.46. The number of hydroxylamine groups is 4. The predicted octanol–water partition coefficient (Wildman–Crippen LogP) is 9.60. The Labute approximate surface area is 386 Å². The average Bonchev–Trinajstić information content (AvgIpc) is 3.19. The molecule has 0 saturated carbocycles. The third-order valence-electron chi connectivity index (χ3n) is 13.4. The van der Waals surface area contributed by atoms with Crippen molar-refractivity contribution in [1.29, 1.82) is 0 Å². The summed E-state index contributed by atoms with van der Waals surface area (Å²) >= 11 is 0. The summed E-state index contributed by atoms with van der Waals surface area (Å²) < 4.78 is 0.819. The second kappa shape index (κ2) is 20.0. The highest BCUT2D eigenvalue weighted by molar-refractivity contribution is 5.60. The van der Waals surface area contributed by atoms with Crippen LogP contribution in [0.4, 0.5) is 29.2 Å². The van der Waals surface area contributed by atoms with Gasteiger partial charge in [0.05, 0.1) is 44.1 Å². The Morgan fingerprint density at radius 2 is 0.953 bits per heavy atom. The third kappa shape index (κ3) is 11.5. The van der Waals surface area contributed by atoms with Gasteiger partial charge in [-0.05, 0) is 120 Å². The molecule has 2 fully saturated rings. The normalized spacial score (nSPS) is 21.6. The molecular formula is C51H86N8O5+2. The molecule has 3 heterocycles. The fourth-order valence-electron chi connectivity index (χ4n) is 11.2. The molecule has 13 heteroatoms. The summed E-state index contributed by atoms with van der Waals surface area (Å²) in [6.45, 7) is 31.8. The summed E-state index contributed by atoms with van der Waals surface area (Å²) in [5, 5.41) is 39.5. The first-order valence-electron chi connectivity index (χ1n) is 24.1. The third-order valence-corrected chi connectivity index (χ3v) is 13.4. The van der Waals surface area contributed by atoms with Gasteiger partial charge < -0.3 is 20.6 Å². The monoisotopic (exact) mass is 891 g/mol. The summed E-state index contributed by atoms with van der Waals surface area (Å²) in [6.07, 6.45) is 6.90. The van der Waals surface area contributed by atoms with E-state index in [1.807, 2.05) is 0 Å². The first kappa shape index (κ1) is 51.9. The second-order valence-electron chi connectivity index (χ2n) is 22.6. The van der Waals surface area contributed by atoms with Crippen LogP contribution in [0.2, 0.25) is 0 Å². The van der Waals surface area contributed by atoms with E-state index in [2.05, 4.69) is 145 Å². The molecule has 64 heavy (non-hydrogen) atoms. The number of piperidine rings is 2. The fraction of sp³-hybridized carbons (Fsp3) is 0.706. The average molecular weight is 891 g/mol. The number of aliphatic hydroxyl groups is 3. The van der Waals surface area contributed by atoms with Crippen molar-refractivity contribution in [2.45, 2.75) is 194 Å². The predicted molar refractivity (Wildman–Crippen MR) is 261 cm³/mol. The fourth-order valence-corrected chi connectivity index (χ4v) is 11.2. The Hall–Kier alpha value is -3.11. The quantitative estimate of drug-likeness (QED) is 0.0762. The van der Waals surface area contributed by atoms with Crippen LogP contribution < -0.4 is 14.3 Å². The van der Waals surface area contributed by atoms with Crippen molar-refractivity contribution >= 4 is 29.2 Å². The van der Waals surface area contributed by atoms with Gasteiger partial charge in [-0.15, -0.1) is 15.0 Å². The largest absolute Gasteiger partial charge is 0.395 e. The number of nitrogens with zero attached hydrogens (tertiary/aromatic N) is 7. The molecule has 0 bridgehead atoms. The molecule has 2 saturated heterocycles. The van der Waals surface area contributed by atoms with E-state index in [0.29, 0.717) is 26.8 Å². The van der Waals surface area contributed by atoms with Gasteiger partial charge in [0.15, 0.2) is 0 Å². The van der Waals surface area contributed by atoms with Crippen LogP contribution in [0.5, 0.6) is 0 Å². The van der Waals surface area contributed by atoms with E-state index in [4.69, 9.17) is 24.6 Å². The van der Waals surface area contributed by atoms with Gasteiger partial charge >= 0.3 is 11.9 Å². The molecule has 3 aromatic rings. The smallest absolute Gasteiger partial charge is 0.344 e. The van der Waals surface area contributed by atoms with Crippen molar-refractivity contribution in [2.24, 2.45) is 0 Å². The number of hydrogen-bond donors (Lipinski definition) is 4. The highest BCUT2D eigenvalue weighted by Gasteiger charge is 2.59. The Morgan fingerprint density at radius 3 is 1.25 bits per heavy atom. The zero-order valence-electron chi connectivity index (χ0n) is 42.1. The van der Waals surface area contributed by atoms with E-state index in [1.165, 1.54) is 0 Å². The van der Waals surface area contributed by atoms with Crippen LogP contribution in [-0.2, 0) is 9.68 Å². The van der Waals surface area contributed by atoms with E-state index in [1.54, 1.807) is 27.7 Å². The van der Waals surface area contributed by atoms with Gasteiger partial charge in [-0.2, -0.15) is 10.1 Å². The minimum atomic E-state index is -0.987. The number of aromatic nitrogens is 3. The van der Waals surface area contributed by atoms with Crippen molar-refractivity contribution in [1.82, 2.24) is 34.0 Å². The van der Waals surface area contributed by atoms with Crippen LogP contribution in [-0.4, -0.2) is 125 Å². The highest BCUT2D eigenvalue weighted by Crippen LogP contribution is 2.51. The zero-order valence-corrected chi connectivity index (χ0v) is 42.1. The van der Waals surface area contributed by atoms with Crippen LogP contribution in [0.3, 0.4) is 0 Å². The summed E-state index contributed by atoms with van der Waals surface area (Å²) in [5.74, 6) is 1.83. The van der Waals surface area contributed by atoms with Gasteiger partial charge in [-0.1, -0.05) is 63.1 Å². The van der Waals surface area contributed by atoms with Gasteiger partial charge in [0, 0.05) is 54.4 Å². The molecule has 0 spiro atoms. The van der Waals surface area contributed by atoms with Crippen LogP contribution in [0.25, 0.3) is 0 Å². The Balaban J connectivity index is 1.84. The number of hydrogen-bond acceptors (Lipinski definition) is 11. The molecule has 2 aromatic carbocycles. The molecule has 0 radical (unpaired) electrons. The van der Waals surface area contributed by atoms with Gasteiger partial charge in [0.2, 0.25) is 5.95 Å². The van der Waals surface area contributed by atoms with Gasteiger partial charge in [-0.3, -0.25) is 9.68 Å². The molecule has 13 nitrogen and oxygen atoms in total. The molecule has 358 valence electrons. The topological polar surface area (TPSA) is 136 Å². The van der Waals surface area contributed by atoms with Crippen LogP contribution >= 0.6 is 0 Å². The van der Waals surface area contributed by atoms with Crippen molar-refractivity contribution in [3.05, 3.63) is 60.7 Å². The minimum absolute atomic E-state index is 0.0187. The molecule has 2 unspecified atom stereocenters. The lowest BCUT2D eigenvalue weighted by Crippen LogP contribution is -2.69. The highest BCUT2D eigenvalue weighted by atomic mass is 16.7. The SMILES string of the molecule is CCCC[N+](c1ccccc1)(c1nc(NCCO)nc([N+](CCCC)(c2ccccc2)C2CC(C)(C)N(OCC(C)(C)O)C(C)(C)C2)n1)C1CC(C)(C)N(OCC(C)(C)O)C(C)(C)C1. The lowest BCUT2D eigenvalue weighted by atomic mass is 9.77. The molecule has 5 rings (SSSR count). The van der Waals surface area contributed by atoms with E-state index in [9.17, 15) is 15.3 Å². The molecule has 0 aliphatic carbocycles. The molecule has 2 aliphatic rings. The van der Waals surface area contributed by atoms with Gasteiger partial charge in [-0.25, -0.2) is 8.97 Å². The number of unbranched alkanes of at least 4 members (excludes halogenated alkanes) is 2. The zero-order chi connectivity index (χ0) is 47.4. The Morgan fingerprint density at radius 1 is 0.609 bits per heavy atom. The van der Waals surface area contributed by atoms with Crippen LogP contribution in [0.1, 0.15) is 148 Å². The van der Waals surface area contributed by atoms with Gasteiger partial charge in [0.1, 0.15) is 23.5 Å². The van der Waals surface area contributed by atoms with Gasteiger partial charge in [0.25, 0.3) is 0 Å². The van der Waals surface area contributed by atoms with Crippen molar-refractivity contribution < 1.29 is 25.0 Å². The molecule has 0 amide bonds. The Kier molecular flexibility index (Phi) is 16.2. The number of aliphatic hydroxyl groups excluding tert-OH is 1. The number of anilines is 1. The lowest BCUT2D eigenvalue weighted by molar-refractivity contribution is -0.301. The van der Waals surface area contributed by atoms with E-state index < -0.39 is 33.4 Å². The van der Waals surface area contributed by atoms with Crippen molar-refractivity contribution in [2.75, 3.05) is 44.8 Å². The summed E-state index contributed by atoms with van der Waals surface area (Å²) in [7, 11) is 0. The number of quaternary nitrogens is 2. The minimum Gasteiger partial charge on any atom is -0.395 e. The molecule has 1 aromatic heterocycles. The summed E-state index contributed by atoms with van der Waals surface area (Å²) in [4.78, 5) is 30.0. The molecule has 4 N–H and O–H groups in total. The first-order chi connectivity index (χ1) is 29.8. The molecule has 2 atom stereocenters. The van der Waals surface area contributed by atoms with Crippen LogP contribution in [0.15, 0.2) is 60.7 Å². The van der Waals surface area contributed by atoms with Crippen molar-refractivity contribution in [3.63, 3.8) is 0 Å². The number of para-hydroxylation sites is 2. The lowest BCUT2D eigenvalue weighted by Gasteiger charge is -2.57. The van der Waals surface area contributed by atoms with E-state index >= 15 is 0 Å². The van der Waals surface area contributed by atoms with Crippen molar-refractivity contribution in [3.8, 4) is 0 Å². The molecular weight excluding hydrogens is 805 g/mol.